The van der Waals surface area contributed by atoms with Gasteiger partial charge < -0.3 is 9.64 Å². The molecule has 0 N–H and O–H groups in total. The van der Waals surface area contributed by atoms with Crippen molar-refractivity contribution in [3.8, 4) is 0 Å². The minimum absolute atomic E-state index is 0.141. The molecule has 3 nitrogen and oxygen atoms in total. The minimum Gasteiger partial charge on any atom is -0.368 e. The van der Waals surface area contributed by atoms with E-state index in [0.29, 0.717) is 5.88 Å². The van der Waals surface area contributed by atoms with Crippen molar-refractivity contribution in [1.29, 1.82) is 0 Å². The number of halogens is 1. The lowest BCUT2D eigenvalue weighted by Gasteiger charge is -2.28. The van der Waals surface area contributed by atoms with Crippen LogP contribution in [0.15, 0.2) is 0 Å². The second kappa shape index (κ2) is 7.07. The van der Waals surface area contributed by atoms with E-state index in [-0.39, 0.29) is 12.0 Å². The molecule has 1 amide bonds. The molecule has 0 bridgehead atoms. The van der Waals surface area contributed by atoms with Gasteiger partial charge in [-0.05, 0) is 32.6 Å². The number of alkyl halides is 1. The van der Waals surface area contributed by atoms with Gasteiger partial charge >= 0.3 is 0 Å². The van der Waals surface area contributed by atoms with Gasteiger partial charge in [0.2, 0.25) is 0 Å². The number of carbonyl (C=O) groups excluding carboxylic acids is 1. The molecule has 1 rings (SSSR count). The molecular weight excluding hydrogens is 214 g/mol. The Bertz CT molecular complexity index is 193. The van der Waals surface area contributed by atoms with Gasteiger partial charge in [-0.2, -0.15) is 0 Å². The van der Waals surface area contributed by atoms with Crippen molar-refractivity contribution in [2.75, 3.05) is 25.6 Å². The van der Waals surface area contributed by atoms with Gasteiger partial charge in [-0.25, -0.2) is 0 Å². The van der Waals surface area contributed by atoms with Gasteiger partial charge in [-0.3, -0.25) is 4.79 Å². The van der Waals surface area contributed by atoms with Gasteiger partial charge in [0, 0.05) is 25.6 Å². The number of rotatable bonds is 5. The third-order valence-corrected chi connectivity index (χ3v) is 2.98. The van der Waals surface area contributed by atoms with Crippen LogP contribution in [0, 0.1) is 0 Å². The summed E-state index contributed by atoms with van der Waals surface area (Å²) < 4.78 is 5.48. The standard InChI is InChI=1S/C11H20ClNO2/c1-2-13(8-5-7-12)11(14)10-6-3-4-9-15-10/h10H,2-9H2,1H3. The average molecular weight is 234 g/mol. The van der Waals surface area contributed by atoms with Crippen LogP contribution in [0.1, 0.15) is 32.6 Å². The number of nitrogens with zero attached hydrogens (tertiary/aromatic N) is 1. The summed E-state index contributed by atoms with van der Waals surface area (Å²) in [5.74, 6) is 0.747. The number of hydrogen-bond donors (Lipinski definition) is 0. The summed E-state index contributed by atoms with van der Waals surface area (Å²) in [4.78, 5) is 13.8. The van der Waals surface area contributed by atoms with E-state index < -0.39 is 0 Å². The van der Waals surface area contributed by atoms with Crippen molar-refractivity contribution < 1.29 is 9.53 Å². The molecule has 0 aromatic carbocycles. The fourth-order valence-electron chi connectivity index (χ4n) is 1.81. The zero-order chi connectivity index (χ0) is 11.1. The summed E-state index contributed by atoms with van der Waals surface area (Å²) in [5.41, 5.74) is 0. The SMILES string of the molecule is CCN(CCCCl)C(=O)C1CCCCO1. The van der Waals surface area contributed by atoms with Crippen LogP contribution in [0.25, 0.3) is 0 Å². The number of amides is 1. The predicted molar refractivity (Wildman–Crippen MR) is 61.2 cm³/mol. The third-order valence-electron chi connectivity index (χ3n) is 2.71. The molecule has 0 radical (unpaired) electrons. The van der Waals surface area contributed by atoms with E-state index in [2.05, 4.69) is 0 Å². The summed E-state index contributed by atoms with van der Waals surface area (Å²) in [6, 6.07) is 0. The van der Waals surface area contributed by atoms with E-state index in [1.165, 1.54) is 0 Å². The van der Waals surface area contributed by atoms with Gasteiger partial charge in [0.1, 0.15) is 6.10 Å². The van der Waals surface area contributed by atoms with E-state index in [1.807, 2.05) is 11.8 Å². The summed E-state index contributed by atoms with van der Waals surface area (Å²) in [7, 11) is 0. The number of carbonyl (C=O) groups is 1. The van der Waals surface area contributed by atoms with Gasteiger partial charge in [0.15, 0.2) is 0 Å². The fraction of sp³-hybridized carbons (Fsp3) is 0.909. The molecule has 0 aliphatic carbocycles. The Labute approximate surface area is 96.7 Å². The highest BCUT2D eigenvalue weighted by molar-refractivity contribution is 6.17. The van der Waals surface area contributed by atoms with Crippen molar-refractivity contribution in [2.24, 2.45) is 0 Å². The normalized spacial score (nSPS) is 21.3. The molecule has 4 heteroatoms. The van der Waals surface area contributed by atoms with Crippen LogP contribution in [0.5, 0.6) is 0 Å². The second-order valence-corrected chi connectivity index (χ2v) is 4.19. The molecule has 1 saturated heterocycles. The maximum absolute atomic E-state index is 12.0. The Morgan fingerprint density at radius 2 is 2.33 bits per heavy atom. The molecule has 1 aliphatic heterocycles. The van der Waals surface area contributed by atoms with E-state index in [1.54, 1.807) is 0 Å². The summed E-state index contributed by atoms with van der Waals surface area (Å²) in [6.45, 7) is 4.21. The first-order valence-electron chi connectivity index (χ1n) is 5.76. The molecule has 1 fully saturated rings. The van der Waals surface area contributed by atoms with Crippen LogP contribution in [-0.4, -0.2) is 42.5 Å². The molecule has 0 saturated carbocycles. The lowest BCUT2D eigenvalue weighted by Crippen LogP contribution is -2.42. The van der Waals surface area contributed by atoms with Crippen LogP contribution >= 0.6 is 11.6 Å². The Hall–Kier alpha value is -0.280. The van der Waals surface area contributed by atoms with E-state index in [0.717, 1.165) is 45.4 Å². The highest BCUT2D eigenvalue weighted by Crippen LogP contribution is 2.15. The van der Waals surface area contributed by atoms with E-state index >= 15 is 0 Å². The topological polar surface area (TPSA) is 29.5 Å². The summed E-state index contributed by atoms with van der Waals surface area (Å²) in [6.07, 6.45) is 3.71. The van der Waals surface area contributed by atoms with Gasteiger partial charge in [-0.15, -0.1) is 11.6 Å². The maximum atomic E-state index is 12.0. The Kier molecular flexibility index (Phi) is 6.03. The van der Waals surface area contributed by atoms with Gasteiger partial charge in [-0.1, -0.05) is 0 Å². The van der Waals surface area contributed by atoms with Gasteiger partial charge in [0.25, 0.3) is 5.91 Å². The van der Waals surface area contributed by atoms with Crippen LogP contribution in [-0.2, 0) is 9.53 Å². The average Bonchev–Trinajstić information content (AvgIpc) is 2.31. The van der Waals surface area contributed by atoms with Crippen molar-refractivity contribution in [2.45, 2.75) is 38.7 Å². The molecule has 1 aliphatic rings. The predicted octanol–water partition coefficient (Wildman–Crippen LogP) is 2.03. The zero-order valence-electron chi connectivity index (χ0n) is 9.38. The van der Waals surface area contributed by atoms with Crippen molar-refractivity contribution >= 4 is 17.5 Å². The molecule has 0 aromatic rings. The summed E-state index contributed by atoms with van der Waals surface area (Å²) in [5, 5.41) is 0. The van der Waals surface area contributed by atoms with Crippen LogP contribution in [0.4, 0.5) is 0 Å². The molecule has 1 heterocycles. The van der Waals surface area contributed by atoms with Crippen molar-refractivity contribution in [1.82, 2.24) is 4.90 Å². The third kappa shape index (κ3) is 3.99. The first-order chi connectivity index (χ1) is 7.29. The second-order valence-electron chi connectivity index (χ2n) is 3.82. The van der Waals surface area contributed by atoms with Crippen molar-refractivity contribution in [3.05, 3.63) is 0 Å². The number of likely N-dealkylation sites (N-methyl/N-ethyl adjacent to an activating group) is 1. The molecule has 1 atom stereocenters. The Morgan fingerprint density at radius 1 is 1.53 bits per heavy atom. The maximum Gasteiger partial charge on any atom is 0.251 e. The molecule has 0 aromatic heterocycles. The Balaban J connectivity index is 2.40. The van der Waals surface area contributed by atoms with E-state index in [9.17, 15) is 4.79 Å². The quantitative estimate of drug-likeness (QED) is 0.680. The molecule has 88 valence electrons. The minimum atomic E-state index is -0.200. The highest BCUT2D eigenvalue weighted by Gasteiger charge is 2.25. The Morgan fingerprint density at radius 3 is 2.87 bits per heavy atom. The first-order valence-corrected chi connectivity index (χ1v) is 6.29. The van der Waals surface area contributed by atoms with Gasteiger partial charge in [0.05, 0.1) is 0 Å². The monoisotopic (exact) mass is 233 g/mol. The summed E-state index contributed by atoms with van der Waals surface area (Å²) >= 11 is 5.62. The zero-order valence-corrected chi connectivity index (χ0v) is 10.1. The highest BCUT2D eigenvalue weighted by atomic mass is 35.5. The lowest BCUT2D eigenvalue weighted by atomic mass is 10.1. The number of ether oxygens (including phenoxy) is 1. The molecule has 1 unspecified atom stereocenters. The van der Waals surface area contributed by atoms with E-state index in [4.69, 9.17) is 16.3 Å². The largest absolute Gasteiger partial charge is 0.368 e. The molecular formula is C11H20ClNO2. The fourth-order valence-corrected chi connectivity index (χ4v) is 1.93. The molecule has 0 spiro atoms. The first kappa shape index (κ1) is 12.8. The number of hydrogen-bond acceptors (Lipinski definition) is 2. The van der Waals surface area contributed by atoms with Crippen molar-refractivity contribution in [3.63, 3.8) is 0 Å². The van der Waals surface area contributed by atoms with Crippen LogP contribution in [0.3, 0.4) is 0 Å². The molecule has 15 heavy (non-hydrogen) atoms. The lowest BCUT2D eigenvalue weighted by molar-refractivity contribution is -0.146. The van der Waals surface area contributed by atoms with Crippen LogP contribution in [0.2, 0.25) is 0 Å². The smallest absolute Gasteiger partial charge is 0.251 e. The van der Waals surface area contributed by atoms with Crippen LogP contribution < -0.4 is 0 Å².